The van der Waals surface area contributed by atoms with Crippen LogP contribution in [0.25, 0.3) is 6.08 Å². The Balaban J connectivity index is 2.09. The van der Waals surface area contributed by atoms with Crippen molar-refractivity contribution in [1.82, 2.24) is 5.32 Å². The highest BCUT2D eigenvalue weighted by atomic mass is 127. The van der Waals surface area contributed by atoms with Crippen LogP contribution in [0.15, 0.2) is 35.9 Å². The molecule has 0 spiro atoms. The Labute approximate surface area is 198 Å². The molecule has 32 heavy (non-hydrogen) atoms. The lowest BCUT2D eigenvalue weighted by atomic mass is 10.1. The molecule has 9 nitrogen and oxygen atoms in total. The average molecular weight is 552 g/mol. The van der Waals surface area contributed by atoms with Gasteiger partial charge in [0.25, 0.3) is 11.8 Å². The van der Waals surface area contributed by atoms with Gasteiger partial charge in [0.05, 0.1) is 29.6 Å². The number of methoxy groups -OCH3 is 1. The maximum atomic E-state index is 13.3. The number of carbonyl (C=O) groups is 3. The standard InChI is InChI=1S/C22H21IN2O7/c1-4-31-13-6-7-17(32-5-2)16(11-13)25-21(28)14(20(27)24-22(25)29)8-12-9-15(23)19(26)18(10-12)30-3/h6-11,26H,4-5H2,1-3H3,(H,24,27,29). The molecule has 2 N–H and O–H groups in total. The molecule has 4 amide bonds. The Kier molecular flexibility index (Phi) is 7.23. The van der Waals surface area contributed by atoms with Crippen molar-refractivity contribution in [2.45, 2.75) is 13.8 Å². The Morgan fingerprint density at radius 2 is 1.78 bits per heavy atom. The second-order valence-electron chi connectivity index (χ2n) is 6.51. The number of hydrogen-bond acceptors (Lipinski definition) is 7. The number of barbiturate groups is 1. The van der Waals surface area contributed by atoms with Crippen LogP contribution in [-0.4, -0.2) is 43.3 Å². The van der Waals surface area contributed by atoms with Gasteiger partial charge < -0.3 is 19.3 Å². The van der Waals surface area contributed by atoms with Gasteiger partial charge in [0.1, 0.15) is 17.1 Å². The lowest BCUT2D eigenvalue weighted by molar-refractivity contribution is -0.122. The van der Waals surface area contributed by atoms with Crippen LogP contribution in [0.1, 0.15) is 19.4 Å². The summed E-state index contributed by atoms with van der Waals surface area (Å²) in [6.07, 6.45) is 1.33. The van der Waals surface area contributed by atoms with E-state index >= 15 is 0 Å². The van der Waals surface area contributed by atoms with E-state index in [9.17, 15) is 19.5 Å². The quantitative estimate of drug-likeness (QED) is 0.307. The van der Waals surface area contributed by atoms with Crippen molar-refractivity contribution in [2.24, 2.45) is 0 Å². The minimum atomic E-state index is -0.899. The van der Waals surface area contributed by atoms with E-state index in [0.717, 1.165) is 4.90 Å². The number of anilines is 1. The van der Waals surface area contributed by atoms with Crippen LogP contribution in [0.5, 0.6) is 23.0 Å². The van der Waals surface area contributed by atoms with Gasteiger partial charge in [-0.3, -0.25) is 14.9 Å². The summed E-state index contributed by atoms with van der Waals surface area (Å²) in [4.78, 5) is 39.2. The summed E-state index contributed by atoms with van der Waals surface area (Å²) < 4.78 is 16.7. The number of nitrogens with zero attached hydrogens (tertiary/aromatic N) is 1. The number of aromatic hydroxyl groups is 1. The molecule has 0 aromatic heterocycles. The summed E-state index contributed by atoms with van der Waals surface area (Å²) in [7, 11) is 1.39. The molecule has 2 aromatic carbocycles. The zero-order valence-electron chi connectivity index (χ0n) is 17.6. The molecule has 10 heteroatoms. The third-order valence-electron chi connectivity index (χ3n) is 4.47. The van der Waals surface area contributed by atoms with Gasteiger partial charge in [-0.2, -0.15) is 0 Å². The molecule has 0 atom stereocenters. The van der Waals surface area contributed by atoms with Gasteiger partial charge in [0.2, 0.25) is 0 Å². The number of ether oxygens (including phenoxy) is 3. The van der Waals surface area contributed by atoms with E-state index in [0.29, 0.717) is 28.1 Å². The summed E-state index contributed by atoms with van der Waals surface area (Å²) >= 11 is 1.91. The Hall–Kier alpha value is -3.28. The maximum Gasteiger partial charge on any atom is 0.336 e. The van der Waals surface area contributed by atoms with Crippen LogP contribution >= 0.6 is 22.6 Å². The summed E-state index contributed by atoms with van der Waals surface area (Å²) in [6.45, 7) is 4.27. The van der Waals surface area contributed by atoms with E-state index in [-0.39, 0.29) is 28.5 Å². The van der Waals surface area contributed by atoms with Crippen molar-refractivity contribution in [3.8, 4) is 23.0 Å². The van der Waals surface area contributed by atoms with E-state index in [1.54, 1.807) is 25.1 Å². The van der Waals surface area contributed by atoms with Crippen LogP contribution < -0.4 is 24.4 Å². The second-order valence-corrected chi connectivity index (χ2v) is 7.67. The molecule has 2 aromatic rings. The van der Waals surface area contributed by atoms with Crippen LogP contribution in [-0.2, 0) is 9.59 Å². The number of rotatable bonds is 7. The van der Waals surface area contributed by atoms with Crippen molar-refractivity contribution in [3.63, 3.8) is 0 Å². The van der Waals surface area contributed by atoms with E-state index < -0.39 is 17.8 Å². The number of hydrogen-bond donors (Lipinski definition) is 2. The predicted octanol–water partition coefficient (Wildman–Crippen LogP) is 3.47. The Morgan fingerprint density at radius 1 is 1.06 bits per heavy atom. The predicted molar refractivity (Wildman–Crippen MR) is 125 cm³/mol. The normalized spacial score (nSPS) is 15.1. The van der Waals surface area contributed by atoms with Crippen molar-refractivity contribution < 1.29 is 33.7 Å². The van der Waals surface area contributed by atoms with Gasteiger partial charge in [-0.25, -0.2) is 9.69 Å². The molecular formula is C22H21IN2O7. The number of nitrogens with one attached hydrogen (secondary N) is 1. The summed E-state index contributed by atoms with van der Waals surface area (Å²) in [5.41, 5.74) is 0.318. The number of amides is 4. The first-order valence-electron chi connectivity index (χ1n) is 9.68. The molecule has 3 rings (SSSR count). The zero-order valence-corrected chi connectivity index (χ0v) is 19.8. The maximum absolute atomic E-state index is 13.3. The largest absolute Gasteiger partial charge is 0.504 e. The van der Waals surface area contributed by atoms with E-state index in [2.05, 4.69) is 5.32 Å². The Bertz CT molecular complexity index is 1110. The van der Waals surface area contributed by atoms with Gasteiger partial charge in [-0.05, 0) is 72.3 Å². The fourth-order valence-electron chi connectivity index (χ4n) is 3.08. The summed E-state index contributed by atoms with van der Waals surface area (Å²) in [5.74, 6) is -0.808. The Morgan fingerprint density at radius 3 is 2.44 bits per heavy atom. The van der Waals surface area contributed by atoms with Crippen LogP contribution in [0.4, 0.5) is 10.5 Å². The van der Waals surface area contributed by atoms with E-state index in [4.69, 9.17) is 14.2 Å². The monoisotopic (exact) mass is 552 g/mol. The number of phenols is 1. The van der Waals surface area contributed by atoms with Crippen molar-refractivity contribution >= 4 is 52.2 Å². The van der Waals surface area contributed by atoms with Crippen LogP contribution in [0.3, 0.4) is 0 Å². The molecule has 168 valence electrons. The first-order chi connectivity index (χ1) is 15.3. The molecule has 0 aliphatic carbocycles. The molecular weight excluding hydrogens is 531 g/mol. The summed E-state index contributed by atoms with van der Waals surface area (Å²) in [5, 5.41) is 12.2. The number of imide groups is 2. The fourth-order valence-corrected chi connectivity index (χ4v) is 3.71. The van der Waals surface area contributed by atoms with E-state index in [1.165, 1.54) is 25.3 Å². The SMILES string of the molecule is CCOc1ccc(OCC)c(N2C(=O)NC(=O)C(=Cc3cc(I)c(O)c(OC)c3)C2=O)c1. The molecule has 1 saturated heterocycles. The van der Waals surface area contributed by atoms with Gasteiger partial charge in [-0.1, -0.05) is 0 Å². The molecule has 0 saturated carbocycles. The number of phenolic OH excluding ortho intramolecular Hbond substituents is 1. The number of urea groups is 1. The van der Waals surface area contributed by atoms with E-state index in [1.807, 2.05) is 29.5 Å². The number of carbonyl (C=O) groups excluding carboxylic acids is 3. The third kappa shape index (κ3) is 4.64. The van der Waals surface area contributed by atoms with Crippen molar-refractivity contribution in [3.05, 3.63) is 45.0 Å². The highest BCUT2D eigenvalue weighted by Gasteiger charge is 2.38. The highest BCUT2D eigenvalue weighted by molar-refractivity contribution is 14.1. The average Bonchev–Trinajstić information content (AvgIpc) is 2.75. The zero-order chi connectivity index (χ0) is 23.4. The van der Waals surface area contributed by atoms with Crippen LogP contribution in [0.2, 0.25) is 0 Å². The lowest BCUT2D eigenvalue weighted by Gasteiger charge is -2.28. The smallest absolute Gasteiger partial charge is 0.336 e. The molecule has 1 aliphatic rings. The molecule has 0 radical (unpaired) electrons. The molecule has 1 heterocycles. The van der Waals surface area contributed by atoms with Gasteiger partial charge in [-0.15, -0.1) is 0 Å². The molecule has 0 unspecified atom stereocenters. The molecule has 0 bridgehead atoms. The molecule has 1 fully saturated rings. The number of halogens is 1. The van der Waals surface area contributed by atoms with Crippen molar-refractivity contribution in [1.29, 1.82) is 0 Å². The van der Waals surface area contributed by atoms with Crippen molar-refractivity contribution in [2.75, 3.05) is 25.2 Å². The minimum absolute atomic E-state index is 0.0550. The first kappa shape index (κ1) is 23.4. The van der Waals surface area contributed by atoms with Crippen LogP contribution in [0, 0.1) is 3.57 Å². The third-order valence-corrected chi connectivity index (χ3v) is 5.29. The highest BCUT2D eigenvalue weighted by Crippen LogP contribution is 2.36. The first-order valence-corrected chi connectivity index (χ1v) is 10.8. The molecule has 1 aliphatic heterocycles. The number of benzene rings is 2. The van der Waals surface area contributed by atoms with Gasteiger partial charge in [0.15, 0.2) is 11.5 Å². The van der Waals surface area contributed by atoms with Gasteiger partial charge in [0, 0.05) is 6.07 Å². The fraction of sp³-hybridized carbons (Fsp3) is 0.227. The second kappa shape index (κ2) is 9.90. The summed E-state index contributed by atoms with van der Waals surface area (Å²) in [6, 6.07) is 6.92. The topological polar surface area (TPSA) is 114 Å². The van der Waals surface area contributed by atoms with Gasteiger partial charge >= 0.3 is 6.03 Å². The minimum Gasteiger partial charge on any atom is -0.504 e. The lowest BCUT2D eigenvalue weighted by Crippen LogP contribution is -2.54.